The topological polar surface area (TPSA) is 92.2 Å². The third kappa shape index (κ3) is 18.1. The molecule has 37 heavy (non-hydrogen) atoms. The molecule has 0 amide bonds. The first-order valence-electron chi connectivity index (χ1n) is 14.1. The van der Waals surface area contributed by atoms with Gasteiger partial charge >= 0.3 is 11.0 Å². The first kappa shape index (κ1) is 46.9. The summed E-state index contributed by atoms with van der Waals surface area (Å²) < 4.78 is 0. The Hall–Kier alpha value is 0.0569. The van der Waals surface area contributed by atoms with E-state index in [0.717, 1.165) is 25.7 Å². The first-order chi connectivity index (χ1) is 15.2. The molecular weight excluding hydrogens is 476 g/mol. The average molecular weight is 545 g/mol. The molecule has 0 spiro atoms. The Morgan fingerprint density at radius 3 is 0.378 bits per heavy atom. The van der Waals surface area contributed by atoms with Crippen LogP contribution >= 0.6 is 0 Å². The minimum Gasteiger partial charge on any atom is -0.849 e. The Labute approximate surface area is 239 Å². The van der Waals surface area contributed by atoms with Crippen molar-refractivity contribution < 1.29 is 20.4 Å². The van der Waals surface area contributed by atoms with Crippen LogP contribution in [-0.4, -0.2) is 33.4 Å². The van der Waals surface area contributed by atoms with Crippen molar-refractivity contribution in [3.63, 3.8) is 0 Å². The van der Waals surface area contributed by atoms with Crippen molar-refractivity contribution in [3.8, 4) is 0 Å². The van der Waals surface area contributed by atoms with Crippen molar-refractivity contribution >= 4 is 11.0 Å². The zero-order valence-corrected chi connectivity index (χ0v) is 30.0. The fraction of sp³-hybridized carbons (Fsp3) is 1.00. The van der Waals surface area contributed by atoms with E-state index in [-0.39, 0.29) is 32.6 Å². The molecule has 0 saturated carbocycles. The molecule has 0 aliphatic carbocycles. The maximum atomic E-state index is 11.4. The largest absolute Gasteiger partial charge is 4.00 e. The predicted octanol–water partition coefficient (Wildman–Crippen LogP) is 5.87. The quantitative estimate of drug-likeness (QED) is 0.357. The summed E-state index contributed by atoms with van der Waals surface area (Å²) in [5.41, 5.74) is -3.52. The maximum Gasteiger partial charge on any atom is 4.00 e. The zero-order valence-electron chi connectivity index (χ0n) is 29.0. The van der Waals surface area contributed by atoms with Crippen molar-refractivity contribution in [2.45, 2.75) is 187 Å². The van der Waals surface area contributed by atoms with Crippen molar-refractivity contribution in [2.24, 2.45) is 21.7 Å². The van der Waals surface area contributed by atoms with E-state index in [1.807, 2.05) is 55.4 Å². The Kier molecular flexibility index (Phi) is 20.7. The summed E-state index contributed by atoms with van der Waals surface area (Å²) >= 11 is 0. The summed E-state index contributed by atoms with van der Waals surface area (Å²) in [6.07, 6.45) is 3.79. The van der Waals surface area contributed by atoms with Gasteiger partial charge in [-0.05, 0) is 21.7 Å². The van der Waals surface area contributed by atoms with Gasteiger partial charge in [-0.2, -0.15) is 0 Å². The van der Waals surface area contributed by atoms with Crippen LogP contribution in [0.1, 0.15) is 164 Å². The monoisotopic (exact) mass is 544 g/mol. The second-order valence-corrected chi connectivity index (χ2v) is 15.0. The van der Waals surface area contributed by atoms with E-state index < -0.39 is 22.4 Å². The van der Waals surface area contributed by atoms with E-state index in [4.69, 9.17) is 0 Å². The standard InChI is InChI=1S/4C8H17O.Si/c4*1-6-7(2,3)8(4,5)9;/h4*6H2,1-5H3;/q4*-1;+4. The molecule has 224 valence electrons. The van der Waals surface area contributed by atoms with Crippen molar-refractivity contribution in [1.82, 2.24) is 0 Å². The number of rotatable bonds is 8. The minimum absolute atomic E-state index is 0. The van der Waals surface area contributed by atoms with Crippen LogP contribution in [0.25, 0.3) is 0 Å². The third-order valence-corrected chi connectivity index (χ3v) is 10.1. The molecule has 4 nitrogen and oxygen atoms in total. The van der Waals surface area contributed by atoms with E-state index in [1.54, 1.807) is 55.4 Å². The van der Waals surface area contributed by atoms with E-state index in [1.165, 1.54) is 0 Å². The van der Waals surface area contributed by atoms with Gasteiger partial charge in [-0.3, -0.25) is 0 Å². The molecule has 0 aromatic heterocycles. The average Bonchev–Trinajstić information content (AvgIpc) is 2.65. The molecule has 0 N–H and O–H groups in total. The van der Waals surface area contributed by atoms with Crippen molar-refractivity contribution in [2.75, 3.05) is 0 Å². The Morgan fingerprint density at radius 2 is 0.378 bits per heavy atom. The summed E-state index contributed by atoms with van der Waals surface area (Å²) in [5.74, 6) is 0. The van der Waals surface area contributed by atoms with Crippen LogP contribution in [0.15, 0.2) is 0 Å². The summed E-state index contributed by atoms with van der Waals surface area (Å²) in [6.45, 7) is 38.3. The number of hydrogen-bond acceptors (Lipinski definition) is 4. The Morgan fingerprint density at radius 1 is 0.297 bits per heavy atom. The van der Waals surface area contributed by atoms with E-state index in [0.29, 0.717) is 0 Å². The summed E-state index contributed by atoms with van der Waals surface area (Å²) in [4.78, 5) is 0. The van der Waals surface area contributed by atoms with Crippen molar-refractivity contribution in [3.05, 3.63) is 0 Å². The molecule has 0 aliphatic rings. The van der Waals surface area contributed by atoms with Gasteiger partial charge in [0.2, 0.25) is 0 Å². The van der Waals surface area contributed by atoms with Gasteiger partial charge in [0.1, 0.15) is 0 Å². The van der Waals surface area contributed by atoms with Crippen LogP contribution in [0.3, 0.4) is 0 Å². The molecule has 0 heterocycles. The van der Waals surface area contributed by atoms with E-state index in [9.17, 15) is 20.4 Å². The molecule has 0 fully saturated rings. The molecule has 0 bridgehead atoms. The van der Waals surface area contributed by atoms with Crippen LogP contribution in [-0.2, 0) is 0 Å². The Balaban J connectivity index is -0.000000122. The number of hydrogen-bond donors (Lipinski definition) is 0. The molecule has 0 atom stereocenters. The minimum atomic E-state index is -0.804. The Bertz CT molecular complexity index is 460. The normalized spacial score (nSPS) is 13.6. The van der Waals surface area contributed by atoms with Crippen LogP contribution < -0.4 is 20.4 Å². The smallest absolute Gasteiger partial charge is 0.849 e. The molecule has 0 aromatic carbocycles. The van der Waals surface area contributed by atoms with Gasteiger partial charge in [0.05, 0.1) is 0 Å². The second kappa shape index (κ2) is 16.4. The molecule has 0 rings (SSSR count). The van der Waals surface area contributed by atoms with Crippen molar-refractivity contribution in [1.29, 1.82) is 0 Å². The maximum absolute atomic E-state index is 11.4. The summed E-state index contributed by atoms with van der Waals surface area (Å²) in [5, 5.41) is 45.4. The van der Waals surface area contributed by atoms with Gasteiger partial charge in [0, 0.05) is 0 Å². The van der Waals surface area contributed by atoms with Crippen LogP contribution in [0.4, 0.5) is 0 Å². The molecular formula is C32H68O4Si. The fourth-order valence-electron chi connectivity index (χ4n) is 1.70. The van der Waals surface area contributed by atoms with Crippen LogP contribution in [0, 0.1) is 21.7 Å². The van der Waals surface area contributed by atoms with Gasteiger partial charge in [-0.15, -0.1) is 22.4 Å². The van der Waals surface area contributed by atoms with Gasteiger partial charge in [0.15, 0.2) is 0 Å². The summed E-state index contributed by atoms with van der Waals surface area (Å²) in [7, 11) is 0. The molecule has 0 aliphatic heterocycles. The van der Waals surface area contributed by atoms with Gasteiger partial charge < -0.3 is 20.4 Å². The van der Waals surface area contributed by atoms with E-state index in [2.05, 4.69) is 27.7 Å². The SMILES string of the molecule is CCC(C)(C)C(C)(C)[O-].CCC(C)(C)C(C)(C)[O-].CCC(C)(C)C(C)(C)[O-].CCC(C)(C)C(C)(C)[O-].[Si+4]. The molecule has 5 heteroatoms. The molecule has 0 saturated heterocycles. The molecule has 0 unspecified atom stereocenters. The third-order valence-electron chi connectivity index (χ3n) is 10.1. The van der Waals surface area contributed by atoms with Crippen LogP contribution in [0.2, 0.25) is 0 Å². The van der Waals surface area contributed by atoms with Gasteiger partial charge in [-0.1, -0.05) is 164 Å². The molecule has 0 radical (unpaired) electrons. The first-order valence-corrected chi connectivity index (χ1v) is 14.1. The second-order valence-electron chi connectivity index (χ2n) is 15.0. The van der Waals surface area contributed by atoms with Gasteiger partial charge in [0.25, 0.3) is 0 Å². The fourth-order valence-corrected chi connectivity index (χ4v) is 1.70. The van der Waals surface area contributed by atoms with Gasteiger partial charge in [-0.25, -0.2) is 0 Å². The van der Waals surface area contributed by atoms with Crippen LogP contribution in [0.5, 0.6) is 0 Å². The molecule has 0 aromatic rings. The summed E-state index contributed by atoms with van der Waals surface area (Å²) in [6, 6.07) is 0. The zero-order chi connectivity index (χ0) is 30.8. The predicted molar refractivity (Wildman–Crippen MR) is 158 cm³/mol. The van der Waals surface area contributed by atoms with E-state index >= 15 is 0 Å².